The summed E-state index contributed by atoms with van der Waals surface area (Å²) in [6.07, 6.45) is 4.94. The van der Waals surface area contributed by atoms with E-state index in [1.807, 2.05) is 18.4 Å². The van der Waals surface area contributed by atoms with Crippen molar-refractivity contribution < 1.29 is 0 Å². The minimum absolute atomic E-state index is 0.526. The standard InChI is InChI=1S/C9H12N6/c1-6-7(2)15(5-12-6)9-4-11-3-8(13-9)14-10/h3-5H,10H2,1-2H3,(H,13,14). The zero-order valence-corrected chi connectivity index (χ0v) is 8.60. The van der Waals surface area contributed by atoms with Crippen LogP contribution in [0.4, 0.5) is 5.82 Å². The van der Waals surface area contributed by atoms with Crippen LogP contribution in [0.25, 0.3) is 5.82 Å². The maximum absolute atomic E-state index is 5.26. The molecule has 0 unspecified atom stereocenters. The fourth-order valence-corrected chi connectivity index (χ4v) is 1.27. The molecular weight excluding hydrogens is 192 g/mol. The van der Waals surface area contributed by atoms with E-state index in [-0.39, 0.29) is 0 Å². The SMILES string of the molecule is Cc1ncn(-c2cncc(NN)n2)c1C. The number of aryl methyl sites for hydroxylation is 1. The van der Waals surface area contributed by atoms with Crippen LogP contribution in [0.3, 0.4) is 0 Å². The van der Waals surface area contributed by atoms with Gasteiger partial charge in [-0.2, -0.15) is 0 Å². The second kappa shape index (κ2) is 3.66. The average molecular weight is 204 g/mol. The summed E-state index contributed by atoms with van der Waals surface area (Å²) in [6.45, 7) is 3.93. The number of hydrogen-bond acceptors (Lipinski definition) is 5. The summed E-state index contributed by atoms with van der Waals surface area (Å²) in [7, 11) is 0. The van der Waals surface area contributed by atoms with Gasteiger partial charge in [-0.3, -0.25) is 9.55 Å². The fraction of sp³-hybridized carbons (Fsp3) is 0.222. The van der Waals surface area contributed by atoms with Gasteiger partial charge in [-0.15, -0.1) is 0 Å². The Morgan fingerprint density at radius 2 is 2.13 bits per heavy atom. The predicted octanol–water partition coefficient (Wildman–Crippen LogP) is 0.565. The molecule has 6 nitrogen and oxygen atoms in total. The molecule has 0 aliphatic rings. The van der Waals surface area contributed by atoms with Crippen molar-refractivity contribution in [2.45, 2.75) is 13.8 Å². The highest BCUT2D eigenvalue weighted by atomic mass is 15.3. The second-order valence-electron chi connectivity index (χ2n) is 3.19. The summed E-state index contributed by atoms with van der Waals surface area (Å²) in [5.41, 5.74) is 4.47. The highest BCUT2D eigenvalue weighted by molar-refractivity contribution is 5.35. The number of anilines is 1. The maximum Gasteiger partial charge on any atom is 0.160 e. The summed E-state index contributed by atoms with van der Waals surface area (Å²) in [6, 6.07) is 0. The number of aromatic nitrogens is 4. The van der Waals surface area contributed by atoms with Gasteiger partial charge in [0.15, 0.2) is 11.6 Å². The number of hydrogen-bond donors (Lipinski definition) is 2. The number of rotatable bonds is 2. The van der Waals surface area contributed by atoms with Crippen LogP contribution in [0.2, 0.25) is 0 Å². The molecule has 0 amide bonds. The summed E-state index contributed by atoms with van der Waals surface area (Å²) < 4.78 is 1.86. The Morgan fingerprint density at radius 1 is 1.33 bits per heavy atom. The molecule has 0 bridgehead atoms. The van der Waals surface area contributed by atoms with Crippen molar-refractivity contribution in [1.29, 1.82) is 0 Å². The van der Waals surface area contributed by atoms with Crippen molar-refractivity contribution in [3.05, 3.63) is 30.1 Å². The lowest BCUT2D eigenvalue weighted by atomic mass is 10.4. The van der Waals surface area contributed by atoms with Crippen molar-refractivity contribution in [1.82, 2.24) is 19.5 Å². The van der Waals surface area contributed by atoms with Gasteiger partial charge < -0.3 is 5.43 Å². The van der Waals surface area contributed by atoms with Gasteiger partial charge in [0.05, 0.1) is 18.1 Å². The van der Waals surface area contributed by atoms with Gasteiger partial charge in [-0.1, -0.05) is 0 Å². The number of nitrogens with one attached hydrogen (secondary N) is 1. The van der Waals surface area contributed by atoms with Gasteiger partial charge in [0.25, 0.3) is 0 Å². The van der Waals surface area contributed by atoms with Crippen molar-refractivity contribution >= 4 is 5.82 Å². The van der Waals surface area contributed by atoms with E-state index in [2.05, 4.69) is 20.4 Å². The molecule has 78 valence electrons. The van der Waals surface area contributed by atoms with Crippen LogP contribution in [-0.4, -0.2) is 19.5 Å². The summed E-state index contributed by atoms with van der Waals surface area (Å²) in [4.78, 5) is 12.5. The third kappa shape index (κ3) is 1.66. The van der Waals surface area contributed by atoms with E-state index in [1.165, 1.54) is 0 Å². The molecule has 2 rings (SSSR count). The monoisotopic (exact) mass is 204 g/mol. The largest absolute Gasteiger partial charge is 0.307 e. The number of imidazole rings is 1. The Labute approximate surface area is 87.2 Å². The minimum Gasteiger partial charge on any atom is -0.307 e. The first-order chi connectivity index (χ1) is 7.22. The predicted molar refractivity (Wildman–Crippen MR) is 56.4 cm³/mol. The smallest absolute Gasteiger partial charge is 0.160 e. The van der Waals surface area contributed by atoms with Crippen molar-refractivity contribution in [2.75, 3.05) is 5.43 Å². The average Bonchev–Trinajstić information content (AvgIpc) is 2.60. The molecule has 0 aromatic carbocycles. The molecule has 0 aliphatic carbocycles. The van der Waals surface area contributed by atoms with Crippen LogP contribution >= 0.6 is 0 Å². The molecule has 2 aromatic rings. The van der Waals surface area contributed by atoms with Crippen LogP contribution in [-0.2, 0) is 0 Å². The van der Waals surface area contributed by atoms with Gasteiger partial charge in [0, 0.05) is 5.69 Å². The first-order valence-electron chi connectivity index (χ1n) is 4.52. The second-order valence-corrected chi connectivity index (χ2v) is 3.19. The van der Waals surface area contributed by atoms with E-state index in [0.717, 1.165) is 11.4 Å². The topological polar surface area (TPSA) is 81.7 Å². The number of nitrogen functional groups attached to an aromatic ring is 1. The van der Waals surface area contributed by atoms with Gasteiger partial charge in [-0.25, -0.2) is 15.8 Å². The molecule has 0 saturated heterocycles. The van der Waals surface area contributed by atoms with Crippen LogP contribution in [0.1, 0.15) is 11.4 Å². The lowest BCUT2D eigenvalue weighted by Crippen LogP contribution is -2.10. The van der Waals surface area contributed by atoms with Gasteiger partial charge >= 0.3 is 0 Å². The number of nitrogens with two attached hydrogens (primary N) is 1. The Kier molecular flexibility index (Phi) is 2.34. The van der Waals surface area contributed by atoms with Crippen LogP contribution in [0.15, 0.2) is 18.7 Å². The van der Waals surface area contributed by atoms with E-state index in [1.54, 1.807) is 18.7 Å². The zero-order valence-electron chi connectivity index (χ0n) is 8.60. The van der Waals surface area contributed by atoms with E-state index in [9.17, 15) is 0 Å². The maximum atomic E-state index is 5.26. The Morgan fingerprint density at radius 3 is 2.73 bits per heavy atom. The first-order valence-corrected chi connectivity index (χ1v) is 4.52. The van der Waals surface area contributed by atoms with Crippen molar-refractivity contribution in [3.63, 3.8) is 0 Å². The molecule has 0 aliphatic heterocycles. The molecule has 15 heavy (non-hydrogen) atoms. The highest BCUT2D eigenvalue weighted by Crippen LogP contribution is 2.11. The van der Waals surface area contributed by atoms with Gasteiger partial charge in [-0.05, 0) is 13.8 Å². The quantitative estimate of drug-likeness (QED) is 0.552. The molecule has 2 heterocycles. The molecule has 0 atom stereocenters. The summed E-state index contributed by atoms with van der Waals surface area (Å²) in [5, 5.41) is 0. The fourth-order valence-electron chi connectivity index (χ4n) is 1.27. The van der Waals surface area contributed by atoms with Crippen LogP contribution in [0.5, 0.6) is 0 Å². The van der Waals surface area contributed by atoms with E-state index in [4.69, 9.17) is 5.84 Å². The summed E-state index contributed by atoms with van der Waals surface area (Å²) >= 11 is 0. The Balaban J connectivity index is 2.49. The molecule has 0 fully saturated rings. The molecule has 0 spiro atoms. The van der Waals surface area contributed by atoms with Crippen molar-refractivity contribution in [2.24, 2.45) is 5.84 Å². The third-order valence-electron chi connectivity index (χ3n) is 2.27. The summed E-state index contributed by atoms with van der Waals surface area (Å²) in [5.74, 6) is 6.49. The minimum atomic E-state index is 0.526. The lowest BCUT2D eigenvalue weighted by Gasteiger charge is -2.05. The highest BCUT2D eigenvalue weighted by Gasteiger charge is 2.05. The van der Waals surface area contributed by atoms with E-state index < -0.39 is 0 Å². The molecular formula is C9H12N6. The number of hydrazine groups is 1. The Bertz CT molecular complexity index is 475. The molecule has 0 radical (unpaired) electrons. The van der Waals surface area contributed by atoms with E-state index in [0.29, 0.717) is 11.6 Å². The van der Waals surface area contributed by atoms with Gasteiger partial charge in [0.2, 0.25) is 0 Å². The van der Waals surface area contributed by atoms with Crippen LogP contribution < -0.4 is 11.3 Å². The molecule has 2 aromatic heterocycles. The number of nitrogens with zero attached hydrogens (tertiary/aromatic N) is 4. The molecule has 0 saturated carbocycles. The molecule has 3 N–H and O–H groups in total. The zero-order chi connectivity index (χ0) is 10.8. The Hall–Kier alpha value is -1.95. The lowest BCUT2D eigenvalue weighted by molar-refractivity contribution is 0.933. The van der Waals surface area contributed by atoms with E-state index >= 15 is 0 Å². The van der Waals surface area contributed by atoms with Crippen molar-refractivity contribution in [3.8, 4) is 5.82 Å². The molecule has 6 heteroatoms. The van der Waals surface area contributed by atoms with Gasteiger partial charge in [0.1, 0.15) is 6.33 Å². The first kappa shape index (κ1) is 9.60. The third-order valence-corrected chi connectivity index (χ3v) is 2.27. The van der Waals surface area contributed by atoms with Crippen LogP contribution in [0, 0.1) is 13.8 Å². The normalized spacial score (nSPS) is 10.3.